The molecule has 0 radical (unpaired) electrons. The van der Waals surface area contributed by atoms with E-state index in [9.17, 15) is 97.4 Å². The Hall–Kier alpha value is -2.46. The van der Waals surface area contributed by atoms with Crippen LogP contribution in [0.5, 0.6) is 0 Å². The minimum atomic E-state index is -7.67. The highest BCUT2D eigenvalue weighted by Gasteiger charge is 2.98. The van der Waals surface area contributed by atoms with Gasteiger partial charge in [0.25, 0.3) is 0 Å². The van der Waals surface area contributed by atoms with Crippen LogP contribution in [0.25, 0.3) is 0 Å². The van der Waals surface area contributed by atoms with Gasteiger partial charge in [0.15, 0.2) is 0 Å². The van der Waals surface area contributed by atoms with Crippen LogP contribution in [-0.2, 0) is 19.4 Å². The number of rotatable bonds is 2. The van der Waals surface area contributed by atoms with Crippen molar-refractivity contribution in [2.45, 2.75) is 59.2 Å². The van der Waals surface area contributed by atoms with Crippen molar-refractivity contribution in [1.29, 1.82) is 0 Å². The molecule has 2 saturated carbocycles. The van der Waals surface area contributed by atoms with Crippen LogP contribution in [0.2, 0.25) is 0 Å². The molecule has 38 heavy (non-hydrogen) atoms. The lowest BCUT2D eigenvalue weighted by Crippen LogP contribution is -2.79. The van der Waals surface area contributed by atoms with Crippen molar-refractivity contribution in [2.24, 2.45) is 11.8 Å². The first-order valence-electron chi connectivity index (χ1n) is 8.49. The van der Waals surface area contributed by atoms with Gasteiger partial charge in [0.1, 0.15) is 0 Å². The smallest absolute Gasteiger partial charge is 0.247 e. The molecule has 0 heterocycles. The highest BCUT2D eigenvalue weighted by atomic mass is 19.4. The maximum Gasteiger partial charge on any atom is 0.384 e. The predicted molar refractivity (Wildman–Crippen MR) is 68.6 cm³/mol. The molecule has 0 atom stereocenters. The monoisotopic (exact) mass is 614 g/mol. The molecule has 0 aromatic heterocycles. The lowest BCUT2D eigenvalue weighted by molar-refractivity contribution is -0.464. The minimum absolute atomic E-state index is 2.39. The summed E-state index contributed by atoms with van der Waals surface area (Å²) in [6.45, 7) is 0. The summed E-state index contributed by atoms with van der Waals surface area (Å²) in [4.78, 5) is 27.4. The minimum Gasteiger partial charge on any atom is -0.247 e. The van der Waals surface area contributed by atoms with E-state index in [0.29, 0.717) is 0 Å². The van der Waals surface area contributed by atoms with Crippen LogP contribution in [0.15, 0.2) is 0 Å². The number of alkyl halides is 20. The average Bonchev–Trinajstić information content (AvgIpc) is 2.69. The molecular formula is C14H2F20O4. The highest BCUT2D eigenvalue weighted by Crippen LogP contribution is 2.68. The van der Waals surface area contributed by atoms with Crippen molar-refractivity contribution in [3.8, 4) is 0 Å². The molecule has 222 valence electrons. The number of hydrogen-bond acceptors (Lipinski definition) is 4. The summed E-state index contributed by atoms with van der Waals surface area (Å²) < 4.78 is 268. The Bertz CT molecular complexity index is 875. The van der Waals surface area contributed by atoms with Gasteiger partial charge >= 0.3 is 71.2 Å². The molecule has 4 nitrogen and oxygen atoms in total. The van der Waals surface area contributed by atoms with Gasteiger partial charge in [0.05, 0.1) is 0 Å². The third-order valence-electron chi connectivity index (χ3n) is 5.38. The Morgan fingerprint density at radius 1 is 0.342 bits per heavy atom. The molecule has 2 rings (SSSR count). The summed E-state index contributed by atoms with van der Waals surface area (Å²) in [6.07, 6.45) is 0. The second-order valence-corrected chi connectivity index (χ2v) is 7.61. The van der Waals surface area contributed by atoms with Gasteiger partial charge in [-0.3, -0.25) is 0 Å². The SMILES string of the molecule is O=C(OOC(=O)C1C(F)(F)C(F)(F)C(F)(F)C(F)(F)C1(F)F)C1C(F)(F)C(F)(F)C(F)(F)C(F)(F)C1(F)F. The second-order valence-electron chi connectivity index (χ2n) is 7.61. The first kappa shape index (κ1) is 31.8. The van der Waals surface area contributed by atoms with Gasteiger partial charge in [0.2, 0.25) is 11.8 Å². The molecule has 0 spiro atoms. The fraction of sp³-hybridized carbons (Fsp3) is 0.857. The highest BCUT2D eigenvalue weighted by molar-refractivity contribution is 5.79. The Morgan fingerprint density at radius 2 is 0.500 bits per heavy atom. The van der Waals surface area contributed by atoms with E-state index < -0.39 is 83.0 Å². The van der Waals surface area contributed by atoms with Crippen molar-refractivity contribution in [2.75, 3.05) is 0 Å². The number of carbonyl (C=O) groups excluding carboxylic acids is 2. The van der Waals surface area contributed by atoms with E-state index in [-0.39, 0.29) is 0 Å². The van der Waals surface area contributed by atoms with Crippen LogP contribution in [0, 0.1) is 11.8 Å². The molecule has 0 N–H and O–H groups in total. The molecule has 0 aliphatic heterocycles. The summed E-state index contributed by atoms with van der Waals surface area (Å²) in [7, 11) is 0. The van der Waals surface area contributed by atoms with Crippen molar-refractivity contribution >= 4 is 11.9 Å². The molecule has 2 aliphatic rings. The van der Waals surface area contributed by atoms with E-state index in [1.54, 1.807) is 0 Å². The summed E-state index contributed by atoms with van der Waals surface area (Å²) >= 11 is 0. The number of halogens is 20. The van der Waals surface area contributed by atoms with Crippen LogP contribution in [0.4, 0.5) is 87.8 Å². The molecule has 0 aromatic carbocycles. The van der Waals surface area contributed by atoms with Crippen molar-refractivity contribution in [3.05, 3.63) is 0 Å². The molecule has 0 amide bonds. The Balaban J connectivity index is 2.50. The van der Waals surface area contributed by atoms with Crippen LogP contribution in [0.3, 0.4) is 0 Å². The lowest BCUT2D eigenvalue weighted by Gasteiger charge is -2.48. The molecule has 0 unspecified atom stereocenters. The Morgan fingerprint density at radius 3 is 0.658 bits per heavy atom. The van der Waals surface area contributed by atoms with Gasteiger partial charge < -0.3 is 0 Å². The third kappa shape index (κ3) is 3.13. The predicted octanol–water partition coefficient (Wildman–Crippen LogP) is 5.60. The summed E-state index contributed by atoms with van der Waals surface area (Å²) in [5.74, 6) is -95.5. The number of hydrogen-bond donors (Lipinski definition) is 0. The van der Waals surface area contributed by atoms with Crippen molar-refractivity contribution in [3.63, 3.8) is 0 Å². The molecule has 2 fully saturated rings. The van der Waals surface area contributed by atoms with Crippen LogP contribution >= 0.6 is 0 Å². The van der Waals surface area contributed by atoms with E-state index in [1.165, 1.54) is 0 Å². The van der Waals surface area contributed by atoms with Crippen LogP contribution in [0.1, 0.15) is 0 Å². The molecule has 0 aromatic rings. The largest absolute Gasteiger partial charge is 0.384 e. The van der Waals surface area contributed by atoms with E-state index in [1.807, 2.05) is 0 Å². The lowest BCUT2D eigenvalue weighted by atomic mass is 9.74. The Labute approximate surface area is 191 Å². The van der Waals surface area contributed by atoms with Crippen molar-refractivity contribution in [1.82, 2.24) is 0 Å². The maximum absolute atomic E-state index is 13.6. The zero-order valence-corrected chi connectivity index (χ0v) is 16.3. The molecular weight excluding hydrogens is 612 g/mol. The molecule has 0 saturated heterocycles. The van der Waals surface area contributed by atoms with Crippen molar-refractivity contribution < 1.29 is 107 Å². The van der Waals surface area contributed by atoms with Gasteiger partial charge in [-0.1, -0.05) is 0 Å². The van der Waals surface area contributed by atoms with E-state index in [0.717, 1.165) is 0 Å². The summed E-state index contributed by atoms with van der Waals surface area (Å²) in [5.41, 5.74) is 0. The fourth-order valence-electron chi connectivity index (χ4n) is 3.18. The zero-order valence-electron chi connectivity index (χ0n) is 16.3. The second kappa shape index (κ2) is 7.59. The quantitative estimate of drug-likeness (QED) is 0.231. The van der Waals surface area contributed by atoms with Gasteiger partial charge in [-0.2, -0.15) is 87.8 Å². The number of carbonyl (C=O) groups is 2. The fourth-order valence-corrected chi connectivity index (χ4v) is 3.18. The maximum atomic E-state index is 13.6. The average molecular weight is 614 g/mol. The zero-order chi connectivity index (χ0) is 30.7. The standard InChI is InChI=1S/C14H2F20O4/c15-5(16)1(6(17,18)10(25,26)13(31,32)9(5,23)24)3(35)37-38-4(36)2-7(19,20)11(27,28)14(33,34)12(29,30)8(2,21)22/h1-2H. The molecule has 24 heteroatoms. The van der Waals surface area contributed by atoms with E-state index >= 15 is 0 Å². The van der Waals surface area contributed by atoms with Gasteiger partial charge in [-0.05, 0) is 0 Å². The van der Waals surface area contributed by atoms with Gasteiger partial charge in [-0.25, -0.2) is 19.4 Å². The first-order valence-corrected chi connectivity index (χ1v) is 8.49. The Kier molecular flexibility index (Phi) is 6.34. The summed E-state index contributed by atoms with van der Waals surface area (Å²) in [6, 6.07) is 0. The van der Waals surface area contributed by atoms with E-state index in [4.69, 9.17) is 0 Å². The van der Waals surface area contributed by atoms with Gasteiger partial charge in [0, 0.05) is 0 Å². The van der Waals surface area contributed by atoms with Gasteiger partial charge in [-0.15, -0.1) is 0 Å². The third-order valence-corrected chi connectivity index (χ3v) is 5.38. The normalized spacial score (nSPS) is 31.2. The first-order chi connectivity index (χ1) is 16.3. The summed E-state index contributed by atoms with van der Waals surface area (Å²) in [5, 5.41) is 0. The van der Waals surface area contributed by atoms with Crippen LogP contribution < -0.4 is 0 Å². The van der Waals surface area contributed by atoms with E-state index in [2.05, 4.69) is 9.78 Å². The van der Waals surface area contributed by atoms with Crippen LogP contribution in [-0.4, -0.2) is 71.2 Å². The topological polar surface area (TPSA) is 52.6 Å². The molecule has 2 aliphatic carbocycles. The molecule has 0 bridgehead atoms.